The van der Waals surface area contributed by atoms with Crippen LogP contribution in [0.4, 0.5) is 0 Å². The number of nitrogens with two attached hydrogens (primary N) is 1. The van der Waals surface area contributed by atoms with Gasteiger partial charge in [-0.25, -0.2) is 4.98 Å². The van der Waals surface area contributed by atoms with E-state index in [1.165, 1.54) is 0 Å². The Labute approximate surface area is 118 Å². The first kappa shape index (κ1) is 13.0. The van der Waals surface area contributed by atoms with E-state index in [-0.39, 0.29) is 0 Å². The molecule has 0 atom stereocenters. The van der Waals surface area contributed by atoms with Gasteiger partial charge in [0.05, 0.1) is 18.9 Å². The molecule has 2 heterocycles. The topological polar surface area (TPSA) is 73.2 Å². The van der Waals surface area contributed by atoms with Gasteiger partial charge in [-0.1, -0.05) is 0 Å². The molecule has 1 aliphatic heterocycles. The van der Waals surface area contributed by atoms with Gasteiger partial charge in [-0.05, 0) is 31.7 Å². The van der Waals surface area contributed by atoms with Gasteiger partial charge in [0.2, 0.25) is 0 Å². The summed E-state index contributed by atoms with van der Waals surface area (Å²) >= 11 is 0. The van der Waals surface area contributed by atoms with Crippen molar-refractivity contribution in [3.05, 3.63) is 29.7 Å². The van der Waals surface area contributed by atoms with Crippen molar-refractivity contribution in [2.75, 3.05) is 19.8 Å². The van der Waals surface area contributed by atoms with Gasteiger partial charge in [-0.2, -0.15) is 0 Å². The Bertz CT molecular complexity index is 607. The van der Waals surface area contributed by atoms with E-state index in [1.54, 1.807) is 0 Å². The third-order valence-corrected chi connectivity index (χ3v) is 3.34. The van der Waals surface area contributed by atoms with Gasteiger partial charge in [-0.15, -0.1) is 0 Å². The lowest BCUT2D eigenvalue weighted by atomic mass is 10.1. The molecule has 1 aromatic heterocycles. The molecule has 106 valence electrons. The molecule has 1 aliphatic rings. The molecule has 3 rings (SSSR count). The van der Waals surface area contributed by atoms with E-state index in [4.69, 9.17) is 15.2 Å². The minimum absolute atomic E-state index is 0.591. The molecule has 0 aliphatic carbocycles. The fourth-order valence-electron chi connectivity index (χ4n) is 2.37. The minimum atomic E-state index is 0.591. The number of benzene rings is 1. The van der Waals surface area contributed by atoms with Crippen LogP contribution in [0.2, 0.25) is 0 Å². The van der Waals surface area contributed by atoms with Crippen LogP contribution in [0.25, 0.3) is 11.3 Å². The Morgan fingerprint density at radius 3 is 2.85 bits per heavy atom. The van der Waals surface area contributed by atoms with Crippen molar-refractivity contribution in [1.82, 2.24) is 9.97 Å². The van der Waals surface area contributed by atoms with Crippen molar-refractivity contribution in [2.24, 2.45) is 5.73 Å². The molecular formula is C15H19N3O2. The van der Waals surface area contributed by atoms with Gasteiger partial charge in [-0.3, -0.25) is 0 Å². The highest BCUT2D eigenvalue weighted by atomic mass is 16.5. The summed E-state index contributed by atoms with van der Waals surface area (Å²) in [7, 11) is 0. The average molecular weight is 273 g/mol. The van der Waals surface area contributed by atoms with Crippen LogP contribution in [-0.4, -0.2) is 29.7 Å². The Kier molecular flexibility index (Phi) is 3.60. The largest absolute Gasteiger partial charge is 0.490 e. The smallest absolute Gasteiger partial charge is 0.161 e. The molecule has 0 unspecified atom stereocenters. The quantitative estimate of drug-likeness (QED) is 0.897. The number of aryl methyl sites for hydroxylation is 1. The van der Waals surface area contributed by atoms with Gasteiger partial charge in [0, 0.05) is 24.1 Å². The predicted octanol–water partition coefficient (Wildman–Crippen LogP) is 2.05. The third kappa shape index (κ3) is 2.49. The molecular weight excluding hydrogens is 254 g/mol. The zero-order chi connectivity index (χ0) is 13.9. The summed E-state index contributed by atoms with van der Waals surface area (Å²) in [6.07, 6.45) is 1.66. The Balaban J connectivity index is 1.96. The fourth-order valence-corrected chi connectivity index (χ4v) is 2.37. The van der Waals surface area contributed by atoms with Crippen molar-refractivity contribution in [1.29, 1.82) is 0 Å². The van der Waals surface area contributed by atoms with Crippen LogP contribution in [0.1, 0.15) is 17.9 Å². The van der Waals surface area contributed by atoms with E-state index >= 15 is 0 Å². The van der Waals surface area contributed by atoms with Crippen LogP contribution in [0.15, 0.2) is 18.2 Å². The number of nitrogens with zero attached hydrogens (tertiary/aromatic N) is 1. The van der Waals surface area contributed by atoms with Crippen LogP contribution >= 0.6 is 0 Å². The number of imidazole rings is 1. The summed E-state index contributed by atoms with van der Waals surface area (Å²) in [4.78, 5) is 7.88. The predicted molar refractivity (Wildman–Crippen MR) is 77.1 cm³/mol. The minimum Gasteiger partial charge on any atom is -0.490 e. The molecule has 5 nitrogen and oxygen atoms in total. The van der Waals surface area contributed by atoms with E-state index in [0.717, 1.165) is 47.1 Å². The maximum atomic E-state index is 5.72. The first-order valence-corrected chi connectivity index (χ1v) is 6.93. The highest BCUT2D eigenvalue weighted by molar-refractivity contribution is 5.66. The molecule has 2 aromatic rings. The van der Waals surface area contributed by atoms with Crippen LogP contribution in [0.3, 0.4) is 0 Å². The number of hydrogen-bond donors (Lipinski definition) is 2. The lowest BCUT2D eigenvalue weighted by Gasteiger charge is -2.08. The highest BCUT2D eigenvalue weighted by Crippen LogP contribution is 2.34. The zero-order valence-electron chi connectivity index (χ0n) is 11.6. The molecule has 1 aromatic carbocycles. The molecule has 3 N–H and O–H groups in total. The number of rotatable bonds is 3. The van der Waals surface area contributed by atoms with Crippen LogP contribution in [0.5, 0.6) is 11.5 Å². The highest BCUT2D eigenvalue weighted by Gasteiger charge is 2.14. The third-order valence-electron chi connectivity index (χ3n) is 3.34. The first-order chi connectivity index (χ1) is 9.78. The first-order valence-electron chi connectivity index (χ1n) is 6.93. The van der Waals surface area contributed by atoms with Gasteiger partial charge >= 0.3 is 0 Å². The molecule has 0 radical (unpaired) electrons. The van der Waals surface area contributed by atoms with E-state index in [1.807, 2.05) is 25.1 Å². The van der Waals surface area contributed by atoms with Crippen LogP contribution in [-0.2, 0) is 6.42 Å². The number of fused-ring (bicyclic) bond motifs is 1. The summed E-state index contributed by atoms with van der Waals surface area (Å²) in [6.45, 7) is 4.00. The summed E-state index contributed by atoms with van der Waals surface area (Å²) in [5, 5.41) is 0. The monoisotopic (exact) mass is 273 g/mol. The number of H-pyrrole nitrogens is 1. The SMILES string of the molecule is Cc1[nH]c(CCN)nc1-c1ccc2c(c1)OCCCO2. The van der Waals surface area contributed by atoms with Gasteiger partial charge in [0.25, 0.3) is 0 Å². The molecule has 0 spiro atoms. The normalized spacial score (nSPS) is 14.1. The molecule has 0 bridgehead atoms. The summed E-state index contributed by atoms with van der Waals surface area (Å²) < 4.78 is 11.4. The molecule has 0 fully saturated rings. The van der Waals surface area contributed by atoms with Crippen molar-refractivity contribution < 1.29 is 9.47 Å². The fraction of sp³-hybridized carbons (Fsp3) is 0.400. The van der Waals surface area contributed by atoms with Crippen molar-refractivity contribution in [3.63, 3.8) is 0 Å². The Hall–Kier alpha value is -2.01. The van der Waals surface area contributed by atoms with E-state index in [0.29, 0.717) is 19.8 Å². The molecule has 0 amide bonds. The van der Waals surface area contributed by atoms with Gasteiger partial charge < -0.3 is 20.2 Å². The summed E-state index contributed by atoms with van der Waals surface area (Å²) in [5.74, 6) is 2.52. The second-order valence-corrected chi connectivity index (χ2v) is 4.91. The molecule has 0 saturated carbocycles. The summed E-state index contributed by atoms with van der Waals surface area (Å²) in [6, 6.07) is 5.96. The summed E-state index contributed by atoms with van der Waals surface area (Å²) in [5.41, 5.74) is 8.60. The van der Waals surface area contributed by atoms with Crippen molar-refractivity contribution in [3.8, 4) is 22.8 Å². The van der Waals surface area contributed by atoms with Gasteiger partial charge in [0.15, 0.2) is 11.5 Å². The zero-order valence-corrected chi connectivity index (χ0v) is 11.6. The lowest BCUT2D eigenvalue weighted by Crippen LogP contribution is -2.03. The average Bonchev–Trinajstić information content (AvgIpc) is 2.68. The standard InChI is InChI=1S/C15H19N3O2/c1-10-15(18-14(17-10)5-6-16)11-3-4-12-13(9-11)20-8-2-7-19-12/h3-4,9H,2,5-8,16H2,1H3,(H,17,18). The second kappa shape index (κ2) is 5.54. The Morgan fingerprint density at radius 1 is 1.25 bits per heavy atom. The van der Waals surface area contributed by atoms with E-state index in [2.05, 4.69) is 9.97 Å². The van der Waals surface area contributed by atoms with E-state index in [9.17, 15) is 0 Å². The number of hydrogen-bond acceptors (Lipinski definition) is 4. The van der Waals surface area contributed by atoms with Crippen LogP contribution < -0.4 is 15.2 Å². The van der Waals surface area contributed by atoms with E-state index < -0.39 is 0 Å². The van der Waals surface area contributed by atoms with Crippen LogP contribution in [0, 0.1) is 6.92 Å². The maximum absolute atomic E-state index is 5.72. The number of nitrogens with one attached hydrogen (secondary N) is 1. The van der Waals surface area contributed by atoms with Crippen molar-refractivity contribution in [2.45, 2.75) is 19.8 Å². The lowest BCUT2D eigenvalue weighted by molar-refractivity contribution is 0.297. The number of aromatic nitrogens is 2. The Morgan fingerprint density at radius 2 is 2.05 bits per heavy atom. The van der Waals surface area contributed by atoms with Gasteiger partial charge in [0.1, 0.15) is 5.82 Å². The second-order valence-electron chi connectivity index (χ2n) is 4.91. The van der Waals surface area contributed by atoms with Crippen molar-refractivity contribution >= 4 is 0 Å². The number of ether oxygens (including phenoxy) is 2. The maximum Gasteiger partial charge on any atom is 0.161 e. The number of aromatic amines is 1. The molecule has 0 saturated heterocycles. The molecule has 5 heteroatoms. The molecule has 20 heavy (non-hydrogen) atoms.